The van der Waals surface area contributed by atoms with Crippen molar-refractivity contribution in [3.63, 3.8) is 0 Å². The summed E-state index contributed by atoms with van der Waals surface area (Å²) in [6.07, 6.45) is -1.11. The number of hydroxylamine groups is 2. The molecule has 0 aromatic heterocycles. The third-order valence-electron chi connectivity index (χ3n) is 5.45. The Hall–Kier alpha value is -3.39. The number of hydrogen-bond acceptors (Lipinski definition) is 5. The second-order valence-corrected chi connectivity index (χ2v) is 8.56. The van der Waals surface area contributed by atoms with E-state index in [1.165, 1.54) is 0 Å². The molecule has 1 aliphatic rings. The number of benzene rings is 2. The monoisotopic (exact) mass is 454 g/mol. The first-order valence-corrected chi connectivity index (χ1v) is 11.1. The van der Waals surface area contributed by atoms with E-state index in [0.29, 0.717) is 12.8 Å². The molecular weight excluding hydrogens is 424 g/mol. The predicted molar refractivity (Wildman–Crippen MR) is 121 cm³/mol. The molecule has 2 atom stereocenters. The van der Waals surface area contributed by atoms with Crippen LogP contribution in [0.1, 0.15) is 31.4 Å². The first kappa shape index (κ1) is 24.3. The van der Waals surface area contributed by atoms with E-state index >= 15 is 0 Å². The summed E-state index contributed by atoms with van der Waals surface area (Å²) in [5, 5.41) is 10.4. The molecule has 33 heavy (non-hydrogen) atoms. The van der Waals surface area contributed by atoms with Crippen LogP contribution >= 0.6 is 0 Å². The van der Waals surface area contributed by atoms with Gasteiger partial charge in [0.1, 0.15) is 13.2 Å². The highest BCUT2D eigenvalue weighted by Gasteiger charge is 2.41. The van der Waals surface area contributed by atoms with Crippen molar-refractivity contribution in [2.45, 2.75) is 39.3 Å². The topological polar surface area (TPSA) is 96.4 Å². The van der Waals surface area contributed by atoms with Crippen molar-refractivity contribution >= 4 is 18.1 Å². The standard InChI is InChI=1S/C25H30N2O6/c1-18(2)13-21(15-26(24(29)30)33-16-20-11-7-4-8-12-20)23(28)27-22(17-32-25(27)31)14-19-9-5-3-6-10-19/h3-12,18,21-22H,13-17H2,1-2H3,(H,29,30)/t21-,22+/m0/s1. The maximum Gasteiger partial charge on any atom is 0.431 e. The minimum absolute atomic E-state index is 0.0537. The van der Waals surface area contributed by atoms with E-state index in [9.17, 15) is 19.5 Å². The highest BCUT2D eigenvalue weighted by molar-refractivity contribution is 5.95. The average molecular weight is 455 g/mol. The van der Waals surface area contributed by atoms with E-state index in [0.717, 1.165) is 21.1 Å². The Balaban J connectivity index is 1.74. The molecule has 8 nitrogen and oxygen atoms in total. The summed E-state index contributed by atoms with van der Waals surface area (Å²) in [7, 11) is 0. The Kier molecular flexibility index (Phi) is 8.43. The number of carbonyl (C=O) groups is 3. The lowest BCUT2D eigenvalue weighted by atomic mass is 9.94. The third kappa shape index (κ3) is 6.79. The lowest BCUT2D eigenvalue weighted by Crippen LogP contribution is -2.47. The molecule has 176 valence electrons. The summed E-state index contributed by atoms with van der Waals surface area (Å²) < 4.78 is 5.19. The number of carboxylic acid groups (broad SMARTS) is 1. The molecule has 1 heterocycles. The van der Waals surface area contributed by atoms with Gasteiger partial charge in [0.15, 0.2) is 0 Å². The summed E-state index contributed by atoms with van der Waals surface area (Å²) in [5.41, 5.74) is 1.79. The fourth-order valence-corrected chi connectivity index (χ4v) is 3.90. The van der Waals surface area contributed by atoms with Gasteiger partial charge in [0.05, 0.1) is 18.5 Å². The SMILES string of the molecule is CC(C)C[C@@H](CN(OCc1ccccc1)C(=O)O)C(=O)N1C(=O)OC[C@H]1Cc1ccccc1. The van der Waals surface area contributed by atoms with E-state index in [1.807, 2.05) is 74.5 Å². The van der Waals surface area contributed by atoms with Crippen molar-refractivity contribution in [1.29, 1.82) is 0 Å². The summed E-state index contributed by atoms with van der Waals surface area (Å²) in [4.78, 5) is 44.4. The molecule has 0 unspecified atom stereocenters. The van der Waals surface area contributed by atoms with Gasteiger partial charge in [-0.2, -0.15) is 5.06 Å². The van der Waals surface area contributed by atoms with E-state index < -0.39 is 30.1 Å². The molecule has 1 fully saturated rings. The summed E-state index contributed by atoms with van der Waals surface area (Å²) in [5.74, 6) is -1.09. The fraction of sp³-hybridized carbons (Fsp3) is 0.400. The zero-order chi connectivity index (χ0) is 23.8. The summed E-state index contributed by atoms with van der Waals surface area (Å²) >= 11 is 0. The van der Waals surface area contributed by atoms with Crippen molar-refractivity contribution in [3.8, 4) is 0 Å². The number of rotatable bonds is 10. The largest absolute Gasteiger partial charge is 0.463 e. The van der Waals surface area contributed by atoms with E-state index in [2.05, 4.69) is 0 Å². The van der Waals surface area contributed by atoms with Crippen LogP contribution in [-0.4, -0.2) is 52.4 Å². The summed E-state index contributed by atoms with van der Waals surface area (Å²) in [6, 6.07) is 18.3. The molecule has 0 saturated carbocycles. The molecule has 1 saturated heterocycles. The number of carbonyl (C=O) groups excluding carboxylic acids is 2. The quantitative estimate of drug-likeness (QED) is 0.536. The van der Waals surface area contributed by atoms with Gasteiger partial charge >= 0.3 is 12.2 Å². The van der Waals surface area contributed by atoms with E-state index in [4.69, 9.17) is 9.57 Å². The van der Waals surface area contributed by atoms with E-state index in [1.54, 1.807) is 0 Å². The van der Waals surface area contributed by atoms with Gasteiger partial charge in [-0.3, -0.25) is 9.63 Å². The first-order valence-electron chi connectivity index (χ1n) is 11.1. The number of amides is 3. The van der Waals surface area contributed by atoms with Gasteiger partial charge in [0, 0.05) is 0 Å². The van der Waals surface area contributed by atoms with Crippen molar-refractivity contribution in [2.75, 3.05) is 13.2 Å². The van der Waals surface area contributed by atoms with Crippen LogP contribution in [0.15, 0.2) is 60.7 Å². The molecule has 0 aliphatic carbocycles. The lowest BCUT2D eigenvalue weighted by molar-refractivity contribution is -0.158. The number of cyclic esters (lactones) is 1. The Morgan fingerprint density at radius 1 is 1.09 bits per heavy atom. The molecule has 1 N–H and O–H groups in total. The Morgan fingerprint density at radius 2 is 1.70 bits per heavy atom. The number of ether oxygens (including phenoxy) is 1. The summed E-state index contributed by atoms with van der Waals surface area (Å²) in [6.45, 7) is 3.88. The zero-order valence-corrected chi connectivity index (χ0v) is 18.9. The lowest BCUT2D eigenvalue weighted by Gasteiger charge is -2.29. The van der Waals surface area contributed by atoms with Crippen LogP contribution in [0.2, 0.25) is 0 Å². The second kappa shape index (κ2) is 11.5. The predicted octanol–water partition coefficient (Wildman–Crippen LogP) is 4.35. The highest BCUT2D eigenvalue weighted by atomic mass is 16.7. The van der Waals surface area contributed by atoms with Crippen molar-refractivity contribution in [1.82, 2.24) is 9.96 Å². The maximum absolute atomic E-state index is 13.5. The van der Waals surface area contributed by atoms with Gasteiger partial charge in [-0.1, -0.05) is 74.5 Å². The average Bonchev–Trinajstić information content (AvgIpc) is 3.16. The van der Waals surface area contributed by atoms with Gasteiger partial charge in [0.25, 0.3) is 0 Å². The molecule has 0 bridgehead atoms. The molecule has 3 amide bonds. The van der Waals surface area contributed by atoms with Crippen LogP contribution in [0.25, 0.3) is 0 Å². The molecule has 2 aromatic carbocycles. The first-order chi connectivity index (χ1) is 15.8. The minimum Gasteiger partial charge on any atom is -0.463 e. The van der Waals surface area contributed by atoms with Crippen LogP contribution in [-0.2, 0) is 27.4 Å². The highest BCUT2D eigenvalue weighted by Crippen LogP contribution is 2.24. The van der Waals surface area contributed by atoms with Crippen LogP contribution in [0.3, 0.4) is 0 Å². The number of hydrogen-bond donors (Lipinski definition) is 1. The van der Waals surface area contributed by atoms with Gasteiger partial charge < -0.3 is 9.84 Å². The van der Waals surface area contributed by atoms with Crippen molar-refractivity contribution in [3.05, 3.63) is 71.8 Å². The van der Waals surface area contributed by atoms with Crippen LogP contribution in [0, 0.1) is 11.8 Å². The van der Waals surface area contributed by atoms with Crippen LogP contribution < -0.4 is 0 Å². The molecule has 0 radical (unpaired) electrons. The maximum atomic E-state index is 13.5. The van der Waals surface area contributed by atoms with Crippen molar-refractivity contribution in [2.24, 2.45) is 11.8 Å². The Labute approximate surface area is 193 Å². The Morgan fingerprint density at radius 3 is 2.27 bits per heavy atom. The number of imide groups is 1. The second-order valence-electron chi connectivity index (χ2n) is 8.56. The molecule has 1 aliphatic heterocycles. The normalized spacial score (nSPS) is 16.5. The van der Waals surface area contributed by atoms with Gasteiger partial charge in [0.2, 0.25) is 5.91 Å². The van der Waals surface area contributed by atoms with E-state index in [-0.39, 0.29) is 25.7 Å². The smallest absolute Gasteiger partial charge is 0.431 e. The fourth-order valence-electron chi connectivity index (χ4n) is 3.90. The van der Waals surface area contributed by atoms with Gasteiger partial charge in [-0.25, -0.2) is 14.5 Å². The van der Waals surface area contributed by atoms with Crippen LogP contribution in [0.5, 0.6) is 0 Å². The molecule has 2 aromatic rings. The minimum atomic E-state index is -1.29. The van der Waals surface area contributed by atoms with Crippen LogP contribution in [0.4, 0.5) is 9.59 Å². The molecule has 3 rings (SSSR count). The van der Waals surface area contributed by atoms with Gasteiger partial charge in [-0.15, -0.1) is 0 Å². The zero-order valence-electron chi connectivity index (χ0n) is 18.9. The molecule has 0 spiro atoms. The third-order valence-corrected chi connectivity index (χ3v) is 5.45. The Bertz CT molecular complexity index is 934. The molecular formula is C25H30N2O6. The van der Waals surface area contributed by atoms with Crippen molar-refractivity contribution < 1.29 is 29.1 Å². The number of nitrogens with zero attached hydrogens (tertiary/aromatic N) is 2. The van der Waals surface area contributed by atoms with Gasteiger partial charge in [-0.05, 0) is 29.9 Å². The molecule has 8 heteroatoms.